The summed E-state index contributed by atoms with van der Waals surface area (Å²) < 4.78 is 5.09. The number of methoxy groups -OCH3 is 1. The third kappa shape index (κ3) is 6.26. The van der Waals surface area contributed by atoms with Crippen LogP contribution in [0.15, 0.2) is 71.6 Å². The Morgan fingerprint density at radius 3 is 2.38 bits per heavy atom. The number of carboxylic acid groups (broad SMARTS) is 1. The van der Waals surface area contributed by atoms with Crippen LogP contribution in [0.2, 0.25) is 5.02 Å². The Kier molecular flexibility index (Phi) is 7.75. The molecule has 0 aliphatic carbocycles. The molecule has 0 aliphatic heterocycles. The number of amides is 2. The summed E-state index contributed by atoms with van der Waals surface area (Å²) in [6, 6.07) is 18.1. The molecule has 3 aromatic rings. The van der Waals surface area contributed by atoms with Crippen molar-refractivity contribution in [2.45, 2.75) is 4.90 Å². The highest BCUT2D eigenvalue weighted by Gasteiger charge is 2.12. The van der Waals surface area contributed by atoms with E-state index in [1.165, 1.54) is 30.0 Å². The van der Waals surface area contributed by atoms with Gasteiger partial charge in [-0.25, -0.2) is 4.79 Å². The summed E-state index contributed by atoms with van der Waals surface area (Å²) in [7, 11) is 1.56. The second-order valence-corrected chi connectivity index (χ2v) is 8.00. The van der Waals surface area contributed by atoms with Crippen LogP contribution in [0.25, 0.3) is 0 Å². The summed E-state index contributed by atoms with van der Waals surface area (Å²) >= 11 is 7.12. The van der Waals surface area contributed by atoms with Crippen LogP contribution in [-0.4, -0.2) is 35.8 Å². The van der Waals surface area contributed by atoms with E-state index in [0.717, 1.165) is 4.90 Å². The van der Waals surface area contributed by atoms with Gasteiger partial charge in [-0.05, 0) is 60.7 Å². The maximum atomic E-state index is 12.4. The van der Waals surface area contributed by atoms with Gasteiger partial charge in [0.25, 0.3) is 5.91 Å². The van der Waals surface area contributed by atoms with E-state index in [0.29, 0.717) is 22.7 Å². The highest BCUT2D eigenvalue weighted by Crippen LogP contribution is 2.24. The molecule has 3 aromatic carbocycles. The fraction of sp³-hybridized carbons (Fsp3) is 0.0870. The number of halogens is 1. The Morgan fingerprint density at radius 1 is 0.969 bits per heavy atom. The highest BCUT2D eigenvalue weighted by atomic mass is 35.5. The normalized spacial score (nSPS) is 10.3. The Bertz CT molecular complexity index is 1150. The van der Waals surface area contributed by atoms with Gasteiger partial charge in [-0.15, -0.1) is 11.8 Å². The maximum Gasteiger partial charge on any atom is 0.337 e. The van der Waals surface area contributed by atoms with Crippen molar-refractivity contribution in [2.24, 2.45) is 0 Å². The average Bonchev–Trinajstić information content (AvgIpc) is 2.79. The summed E-state index contributed by atoms with van der Waals surface area (Å²) in [5.41, 5.74) is 1.35. The zero-order chi connectivity index (χ0) is 23.1. The first-order valence-electron chi connectivity index (χ1n) is 9.36. The van der Waals surface area contributed by atoms with Crippen molar-refractivity contribution >= 4 is 52.5 Å². The van der Waals surface area contributed by atoms with Gasteiger partial charge >= 0.3 is 5.97 Å². The Morgan fingerprint density at radius 2 is 1.69 bits per heavy atom. The molecule has 0 aliphatic rings. The SMILES string of the molecule is COc1ccc(C(=O)Nc2cccc(SCC(=O)Nc3ccc(Cl)c(C(=O)O)c3)c2)cc1. The lowest BCUT2D eigenvalue weighted by molar-refractivity contribution is -0.113. The Labute approximate surface area is 193 Å². The van der Waals surface area contributed by atoms with E-state index in [9.17, 15) is 14.4 Å². The molecule has 0 fully saturated rings. The van der Waals surface area contributed by atoms with E-state index in [4.69, 9.17) is 21.4 Å². The minimum Gasteiger partial charge on any atom is -0.497 e. The van der Waals surface area contributed by atoms with Crippen LogP contribution < -0.4 is 15.4 Å². The average molecular weight is 471 g/mol. The number of carbonyl (C=O) groups excluding carboxylic acids is 2. The van der Waals surface area contributed by atoms with Gasteiger partial charge in [0.15, 0.2) is 0 Å². The fourth-order valence-corrected chi connectivity index (χ4v) is 3.68. The predicted octanol–water partition coefficient (Wildman–Crippen LogP) is 5.03. The number of aromatic carboxylic acids is 1. The van der Waals surface area contributed by atoms with E-state index < -0.39 is 5.97 Å². The molecule has 0 saturated carbocycles. The zero-order valence-electron chi connectivity index (χ0n) is 16.9. The minimum atomic E-state index is -1.17. The maximum absolute atomic E-state index is 12.4. The number of carboxylic acids is 1. The number of ether oxygens (including phenoxy) is 1. The molecule has 32 heavy (non-hydrogen) atoms. The molecular weight excluding hydrogens is 452 g/mol. The molecule has 0 radical (unpaired) electrons. The molecular formula is C23H19ClN2O5S. The summed E-state index contributed by atoms with van der Waals surface area (Å²) in [6.45, 7) is 0. The molecule has 0 saturated heterocycles. The molecule has 0 unspecified atom stereocenters. The lowest BCUT2D eigenvalue weighted by Crippen LogP contribution is -2.14. The third-order valence-electron chi connectivity index (χ3n) is 4.29. The van der Waals surface area contributed by atoms with Gasteiger partial charge in [-0.2, -0.15) is 0 Å². The highest BCUT2D eigenvalue weighted by molar-refractivity contribution is 8.00. The van der Waals surface area contributed by atoms with E-state index in [-0.39, 0.29) is 28.2 Å². The topological polar surface area (TPSA) is 105 Å². The molecule has 3 rings (SSSR count). The van der Waals surface area contributed by atoms with Crippen molar-refractivity contribution in [1.82, 2.24) is 0 Å². The number of anilines is 2. The second kappa shape index (κ2) is 10.7. The largest absolute Gasteiger partial charge is 0.497 e. The summed E-state index contributed by atoms with van der Waals surface area (Å²) in [5, 5.41) is 14.7. The van der Waals surface area contributed by atoms with E-state index in [1.807, 2.05) is 6.07 Å². The molecule has 0 bridgehead atoms. The first-order chi connectivity index (χ1) is 15.4. The number of nitrogens with one attached hydrogen (secondary N) is 2. The molecule has 0 heterocycles. The molecule has 3 N–H and O–H groups in total. The molecule has 0 atom stereocenters. The van der Waals surface area contributed by atoms with Crippen molar-refractivity contribution in [3.63, 3.8) is 0 Å². The van der Waals surface area contributed by atoms with Crippen LogP contribution in [0.4, 0.5) is 11.4 Å². The first kappa shape index (κ1) is 23.2. The standard InChI is InChI=1S/C23H19ClN2O5S/c1-31-17-8-5-14(6-9-17)22(28)26-15-3-2-4-18(11-15)32-13-21(27)25-16-7-10-20(24)19(12-16)23(29)30/h2-12H,13H2,1H3,(H,25,27)(H,26,28)(H,29,30). The van der Waals surface area contributed by atoms with Crippen molar-refractivity contribution in [3.8, 4) is 5.75 Å². The Hall–Kier alpha value is -3.49. The van der Waals surface area contributed by atoms with Crippen LogP contribution in [-0.2, 0) is 4.79 Å². The number of hydrogen-bond acceptors (Lipinski definition) is 5. The van der Waals surface area contributed by atoms with Crippen LogP contribution in [0, 0.1) is 0 Å². The second-order valence-electron chi connectivity index (χ2n) is 6.55. The predicted molar refractivity (Wildman–Crippen MR) is 125 cm³/mol. The van der Waals surface area contributed by atoms with Gasteiger partial charge in [0, 0.05) is 21.8 Å². The van der Waals surface area contributed by atoms with Gasteiger partial charge < -0.3 is 20.5 Å². The number of carbonyl (C=O) groups is 3. The monoisotopic (exact) mass is 470 g/mol. The van der Waals surface area contributed by atoms with E-state index in [1.54, 1.807) is 49.6 Å². The summed E-state index contributed by atoms with van der Waals surface area (Å²) in [4.78, 5) is 36.6. The molecule has 9 heteroatoms. The Balaban J connectivity index is 1.57. The summed E-state index contributed by atoms with van der Waals surface area (Å²) in [6.07, 6.45) is 0. The van der Waals surface area contributed by atoms with Crippen molar-refractivity contribution in [2.75, 3.05) is 23.5 Å². The van der Waals surface area contributed by atoms with Crippen LogP contribution in [0.3, 0.4) is 0 Å². The lowest BCUT2D eigenvalue weighted by atomic mass is 10.2. The van der Waals surface area contributed by atoms with E-state index >= 15 is 0 Å². The van der Waals surface area contributed by atoms with Gasteiger partial charge in [-0.3, -0.25) is 9.59 Å². The van der Waals surface area contributed by atoms with Gasteiger partial charge in [0.05, 0.1) is 23.4 Å². The quantitative estimate of drug-likeness (QED) is 0.399. The van der Waals surface area contributed by atoms with E-state index in [2.05, 4.69) is 10.6 Å². The van der Waals surface area contributed by atoms with Gasteiger partial charge in [0.1, 0.15) is 5.75 Å². The minimum absolute atomic E-state index is 0.0857. The fourth-order valence-electron chi connectivity index (χ4n) is 2.72. The van der Waals surface area contributed by atoms with Crippen LogP contribution in [0.5, 0.6) is 5.75 Å². The molecule has 164 valence electrons. The van der Waals surface area contributed by atoms with Gasteiger partial charge in [-0.1, -0.05) is 17.7 Å². The van der Waals surface area contributed by atoms with Gasteiger partial charge in [0.2, 0.25) is 5.91 Å². The molecule has 7 nitrogen and oxygen atoms in total. The number of thioether (sulfide) groups is 1. The molecule has 2 amide bonds. The molecule has 0 spiro atoms. The lowest BCUT2D eigenvalue weighted by Gasteiger charge is -2.09. The van der Waals surface area contributed by atoms with Crippen LogP contribution >= 0.6 is 23.4 Å². The van der Waals surface area contributed by atoms with Crippen LogP contribution in [0.1, 0.15) is 20.7 Å². The first-order valence-corrected chi connectivity index (χ1v) is 10.7. The van der Waals surface area contributed by atoms with Crippen molar-refractivity contribution < 1.29 is 24.2 Å². The third-order valence-corrected chi connectivity index (χ3v) is 5.62. The number of hydrogen-bond donors (Lipinski definition) is 3. The summed E-state index contributed by atoms with van der Waals surface area (Å²) in [5.74, 6) is -0.975. The number of rotatable bonds is 8. The smallest absolute Gasteiger partial charge is 0.337 e. The van der Waals surface area contributed by atoms with Crippen molar-refractivity contribution in [3.05, 3.63) is 82.9 Å². The number of benzene rings is 3. The van der Waals surface area contributed by atoms with Crippen molar-refractivity contribution in [1.29, 1.82) is 0 Å². The zero-order valence-corrected chi connectivity index (χ0v) is 18.5. The molecule has 0 aromatic heterocycles.